The highest BCUT2D eigenvalue weighted by Gasteiger charge is 2.20. The van der Waals surface area contributed by atoms with Gasteiger partial charge in [0.25, 0.3) is 0 Å². The number of aliphatic hydroxyl groups excluding tert-OH is 1. The number of aryl methyl sites for hydroxylation is 1. The standard InChI is InChI=1S/C23H31ClN2O2.2ClH/c1-17(2)22-8-7-18(3)13-23(22)28-16-21(27)15-25-9-11-26(12-10-25)20-6-4-5-19(24)14-20;;/h4-8,13-14,17,21,27H,9-12,15-16H2,1-3H3;2*1H. The van der Waals surface area contributed by atoms with Gasteiger partial charge in [-0.05, 0) is 48.2 Å². The van der Waals surface area contributed by atoms with Crippen LogP contribution in [0.15, 0.2) is 42.5 Å². The zero-order chi connectivity index (χ0) is 20.1. The summed E-state index contributed by atoms with van der Waals surface area (Å²) in [6, 6.07) is 14.3. The third kappa shape index (κ3) is 7.51. The number of aliphatic hydroxyl groups is 1. The third-order valence-corrected chi connectivity index (χ3v) is 5.47. The van der Waals surface area contributed by atoms with Crippen LogP contribution in [0.1, 0.15) is 30.9 Å². The molecule has 1 atom stereocenters. The van der Waals surface area contributed by atoms with Crippen LogP contribution in [0.5, 0.6) is 5.75 Å². The Bertz CT molecular complexity index is 781. The molecule has 0 radical (unpaired) electrons. The summed E-state index contributed by atoms with van der Waals surface area (Å²) in [4.78, 5) is 4.64. The average molecular weight is 476 g/mol. The zero-order valence-electron chi connectivity index (χ0n) is 17.9. The summed E-state index contributed by atoms with van der Waals surface area (Å²) in [5.74, 6) is 1.28. The molecule has 0 spiro atoms. The van der Waals surface area contributed by atoms with Gasteiger partial charge in [0.2, 0.25) is 0 Å². The number of β-amino-alcohol motifs (C(OH)–C–C–N with tert-alkyl or cyclic N) is 1. The van der Waals surface area contributed by atoms with E-state index in [1.807, 2.05) is 18.2 Å². The lowest BCUT2D eigenvalue weighted by Crippen LogP contribution is -2.49. The normalized spacial score (nSPS) is 15.3. The van der Waals surface area contributed by atoms with Crippen LogP contribution in [0.2, 0.25) is 5.02 Å². The molecule has 1 N–H and O–H groups in total. The monoisotopic (exact) mass is 474 g/mol. The van der Waals surface area contributed by atoms with Crippen LogP contribution in [-0.2, 0) is 0 Å². The Morgan fingerprint density at radius 2 is 1.73 bits per heavy atom. The molecule has 1 fully saturated rings. The van der Waals surface area contributed by atoms with Crippen molar-refractivity contribution in [2.24, 2.45) is 0 Å². The summed E-state index contributed by atoms with van der Waals surface area (Å²) in [5, 5.41) is 11.3. The van der Waals surface area contributed by atoms with Crippen LogP contribution in [-0.4, -0.2) is 55.4 Å². The minimum absolute atomic E-state index is 0. The van der Waals surface area contributed by atoms with Gasteiger partial charge in [-0.15, -0.1) is 24.8 Å². The Hall–Kier alpha value is -1.17. The Kier molecular flexibility index (Phi) is 11.3. The highest BCUT2D eigenvalue weighted by molar-refractivity contribution is 6.30. The molecule has 7 heteroatoms. The van der Waals surface area contributed by atoms with Gasteiger partial charge in [0.15, 0.2) is 0 Å². The maximum absolute atomic E-state index is 10.5. The molecule has 3 rings (SSSR count). The molecule has 1 saturated heterocycles. The van der Waals surface area contributed by atoms with Crippen molar-refractivity contribution in [3.05, 3.63) is 58.6 Å². The zero-order valence-corrected chi connectivity index (χ0v) is 20.3. The van der Waals surface area contributed by atoms with Crippen LogP contribution >= 0.6 is 36.4 Å². The van der Waals surface area contributed by atoms with Crippen LogP contribution in [0.25, 0.3) is 0 Å². The molecule has 1 aliphatic rings. The fourth-order valence-corrected chi connectivity index (χ4v) is 3.83. The van der Waals surface area contributed by atoms with Gasteiger partial charge in [0, 0.05) is 43.4 Å². The van der Waals surface area contributed by atoms with Crippen molar-refractivity contribution in [2.45, 2.75) is 32.8 Å². The molecule has 0 aliphatic carbocycles. The van der Waals surface area contributed by atoms with E-state index in [0.29, 0.717) is 19.1 Å². The third-order valence-electron chi connectivity index (χ3n) is 5.24. The summed E-state index contributed by atoms with van der Waals surface area (Å²) in [6.07, 6.45) is -0.502. The molecule has 1 unspecified atom stereocenters. The first-order chi connectivity index (χ1) is 13.4. The Morgan fingerprint density at radius 3 is 2.37 bits per heavy atom. The van der Waals surface area contributed by atoms with Crippen LogP contribution in [0.3, 0.4) is 0 Å². The number of halogens is 3. The smallest absolute Gasteiger partial charge is 0.123 e. The molecular weight excluding hydrogens is 443 g/mol. The van der Waals surface area contributed by atoms with Crippen molar-refractivity contribution in [1.29, 1.82) is 0 Å². The van der Waals surface area contributed by atoms with Gasteiger partial charge in [-0.2, -0.15) is 0 Å². The number of hydrogen-bond acceptors (Lipinski definition) is 4. The summed E-state index contributed by atoms with van der Waals surface area (Å²) in [5.41, 5.74) is 3.52. The number of anilines is 1. The maximum atomic E-state index is 10.5. The molecule has 1 heterocycles. The molecule has 30 heavy (non-hydrogen) atoms. The minimum atomic E-state index is -0.502. The average Bonchev–Trinajstić information content (AvgIpc) is 2.67. The van der Waals surface area contributed by atoms with Gasteiger partial charge in [-0.3, -0.25) is 4.90 Å². The molecule has 1 aliphatic heterocycles. The van der Waals surface area contributed by atoms with E-state index in [0.717, 1.165) is 42.6 Å². The van der Waals surface area contributed by atoms with Gasteiger partial charge in [-0.1, -0.05) is 43.6 Å². The highest BCUT2D eigenvalue weighted by atomic mass is 35.5. The fourth-order valence-electron chi connectivity index (χ4n) is 3.64. The number of hydrogen-bond donors (Lipinski definition) is 1. The predicted octanol–water partition coefficient (Wildman–Crippen LogP) is 5.18. The maximum Gasteiger partial charge on any atom is 0.123 e. The lowest BCUT2D eigenvalue weighted by Gasteiger charge is -2.37. The van der Waals surface area contributed by atoms with Crippen LogP contribution < -0.4 is 9.64 Å². The van der Waals surface area contributed by atoms with E-state index in [4.69, 9.17) is 16.3 Å². The van der Waals surface area contributed by atoms with E-state index in [2.05, 4.69) is 54.8 Å². The van der Waals surface area contributed by atoms with Crippen molar-refractivity contribution < 1.29 is 9.84 Å². The van der Waals surface area contributed by atoms with Crippen molar-refractivity contribution in [3.8, 4) is 5.75 Å². The van der Waals surface area contributed by atoms with Gasteiger partial charge >= 0.3 is 0 Å². The van der Waals surface area contributed by atoms with Crippen molar-refractivity contribution in [2.75, 3.05) is 44.2 Å². The van der Waals surface area contributed by atoms with Crippen LogP contribution in [0.4, 0.5) is 5.69 Å². The fraction of sp³-hybridized carbons (Fsp3) is 0.478. The minimum Gasteiger partial charge on any atom is -0.491 e. The second-order valence-corrected chi connectivity index (χ2v) is 8.36. The summed E-state index contributed by atoms with van der Waals surface area (Å²) in [6.45, 7) is 11.0. The first kappa shape index (κ1) is 26.9. The quantitative estimate of drug-likeness (QED) is 0.599. The second-order valence-electron chi connectivity index (χ2n) is 7.93. The summed E-state index contributed by atoms with van der Waals surface area (Å²) >= 11 is 6.10. The lowest BCUT2D eigenvalue weighted by atomic mass is 10.0. The second kappa shape index (κ2) is 12.6. The van der Waals surface area contributed by atoms with E-state index < -0.39 is 6.10 Å². The first-order valence-electron chi connectivity index (χ1n) is 10.1. The van der Waals surface area contributed by atoms with Crippen molar-refractivity contribution >= 4 is 42.1 Å². The molecule has 0 saturated carbocycles. The van der Waals surface area contributed by atoms with Gasteiger partial charge in [0.05, 0.1) is 0 Å². The molecular formula is C23H33Cl3N2O2. The molecule has 0 bridgehead atoms. The number of rotatable bonds is 7. The van der Waals surface area contributed by atoms with Crippen molar-refractivity contribution in [3.63, 3.8) is 0 Å². The predicted molar refractivity (Wildman–Crippen MR) is 131 cm³/mol. The van der Waals surface area contributed by atoms with Gasteiger partial charge < -0.3 is 14.7 Å². The Balaban J connectivity index is 0.00000225. The van der Waals surface area contributed by atoms with Gasteiger partial charge in [0.1, 0.15) is 18.5 Å². The SMILES string of the molecule is Cc1ccc(C(C)C)c(OCC(O)CN2CCN(c3cccc(Cl)c3)CC2)c1.Cl.Cl. The lowest BCUT2D eigenvalue weighted by molar-refractivity contribution is 0.0659. The first-order valence-corrected chi connectivity index (χ1v) is 10.4. The molecule has 0 aromatic heterocycles. The molecule has 168 valence electrons. The number of benzene rings is 2. The van der Waals surface area contributed by atoms with Crippen LogP contribution in [0, 0.1) is 6.92 Å². The van der Waals surface area contributed by atoms with Crippen molar-refractivity contribution in [1.82, 2.24) is 4.90 Å². The molecule has 0 amide bonds. The number of piperazine rings is 1. The number of nitrogens with zero attached hydrogens (tertiary/aromatic N) is 2. The largest absolute Gasteiger partial charge is 0.491 e. The van der Waals surface area contributed by atoms with E-state index in [-0.39, 0.29) is 24.8 Å². The Morgan fingerprint density at radius 1 is 1.03 bits per heavy atom. The topological polar surface area (TPSA) is 35.9 Å². The molecule has 2 aromatic rings. The van der Waals surface area contributed by atoms with E-state index in [1.165, 1.54) is 11.1 Å². The van der Waals surface area contributed by atoms with Gasteiger partial charge in [-0.25, -0.2) is 0 Å². The molecule has 4 nitrogen and oxygen atoms in total. The highest BCUT2D eigenvalue weighted by Crippen LogP contribution is 2.27. The number of ether oxygens (including phenoxy) is 1. The summed E-state index contributed by atoms with van der Waals surface area (Å²) in [7, 11) is 0. The van der Waals surface area contributed by atoms with E-state index in [1.54, 1.807) is 0 Å². The summed E-state index contributed by atoms with van der Waals surface area (Å²) < 4.78 is 5.98. The van der Waals surface area contributed by atoms with E-state index in [9.17, 15) is 5.11 Å². The Labute approximate surface area is 198 Å². The van der Waals surface area contributed by atoms with E-state index >= 15 is 0 Å². The molecule has 2 aromatic carbocycles.